The molecule has 1 aromatic heterocycles. The van der Waals surface area contributed by atoms with Gasteiger partial charge in [0.2, 0.25) is 0 Å². The largest absolute Gasteiger partial charge is 0.378 e. The third-order valence-corrected chi connectivity index (χ3v) is 3.09. The average molecular weight is 273 g/mol. The minimum atomic E-state index is 0. The molecule has 0 N–H and O–H groups in total. The van der Waals surface area contributed by atoms with Gasteiger partial charge in [0.05, 0.1) is 18.2 Å². The highest BCUT2D eigenvalue weighted by molar-refractivity contribution is 7.80. The van der Waals surface area contributed by atoms with Crippen molar-refractivity contribution in [1.82, 2.24) is 9.88 Å². The first-order chi connectivity index (χ1) is 7.75. The van der Waals surface area contributed by atoms with Crippen molar-refractivity contribution in [3.05, 3.63) is 29.6 Å². The van der Waals surface area contributed by atoms with Gasteiger partial charge in [-0.2, -0.15) is 0 Å². The molecular weight excluding hydrogens is 256 g/mol. The predicted octanol–water partition coefficient (Wildman–Crippen LogP) is 2.01. The van der Waals surface area contributed by atoms with Crippen LogP contribution in [0.1, 0.15) is 11.3 Å². The van der Waals surface area contributed by atoms with E-state index in [1.165, 1.54) is 5.56 Å². The average Bonchev–Trinajstić information content (AvgIpc) is 2.33. The summed E-state index contributed by atoms with van der Waals surface area (Å²) in [7, 11) is 0. The van der Waals surface area contributed by atoms with Crippen molar-refractivity contribution in [2.45, 2.75) is 13.3 Å². The van der Waals surface area contributed by atoms with E-state index in [4.69, 9.17) is 17.0 Å². The van der Waals surface area contributed by atoms with E-state index in [-0.39, 0.29) is 12.4 Å². The van der Waals surface area contributed by atoms with Crippen LogP contribution in [0.4, 0.5) is 0 Å². The van der Waals surface area contributed by atoms with Crippen molar-refractivity contribution in [2.75, 3.05) is 26.3 Å². The molecular formula is C12H17ClN2OS. The highest BCUT2D eigenvalue weighted by Crippen LogP contribution is 2.06. The smallest absolute Gasteiger partial charge is 0.0825 e. The maximum Gasteiger partial charge on any atom is 0.0825 e. The van der Waals surface area contributed by atoms with Gasteiger partial charge < -0.3 is 9.64 Å². The quantitative estimate of drug-likeness (QED) is 0.769. The van der Waals surface area contributed by atoms with Gasteiger partial charge in [0.1, 0.15) is 0 Å². The summed E-state index contributed by atoms with van der Waals surface area (Å²) in [6.45, 7) is 5.39. The number of halogens is 1. The van der Waals surface area contributed by atoms with E-state index < -0.39 is 0 Å². The molecule has 0 radical (unpaired) electrons. The first-order valence-corrected chi connectivity index (χ1v) is 5.93. The van der Waals surface area contributed by atoms with Gasteiger partial charge in [0.15, 0.2) is 0 Å². The molecule has 2 heterocycles. The van der Waals surface area contributed by atoms with Crippen LogP contribution in [0.15, 0.2) is 18.3 Å². The summed E-state index contributed by atoms with van der Waals surface area (Å²) in [6.07, 6.45) is 2.71. The topological polar surface area (TPSA) is 25.4 Å². The summed E-state index contributed by atoms with van der Waals surface area (Å²) in [4.78, 5) is 7.49. The van der Waals surface area contributed by atoms with E-state index in [0.717, 1.165) is 43.4 Å². The Morgan fingerprint density at radius 1 is 1.41 bits per heavy atom. The minimum Gasteiger partial charge on any atom is -0.378 e. The predicted molar refractivity (Wildman–Crippen MR) is 74.9 cm³/mol. The Morgan fingerprint density at radius 2 is 2.12 bits per heavy atom. The normalized spacial score (nSPS) is 15.2. The Balaban J connectivity index is 0.00000144. The van der Waals surface area contributed by atoms with Crippen molar-refractivity contribution in [3.63, 3.8) is 0 Å². The van der Waals surface area contributed by atoms with Gasteiger partial charge in [-0.05, 0) is 18.6 Å². The third-order valence-electron chi connectivity index (χ3n) is 2.69. The van der Waals surface area contributed by atoms with E-state index in [9.17, 15) is 0 Å². The maximum absolute atomic E-state index is 5.43. The van der Waals surface area contributed by atoms with Gasteiger partial charge in [-0.15, -0.1) is 12.4 Å². The number of rotatable bonds is 2. The Labute approximate surface area is 114 Å². The zero-order valence-corrected chi connectivity index (χ0v) is 11.5. The molecule has 0 atom stereocenters. The van der Waals surface area contributed by atoms with Crippen molar-refractivity contribution in [1.29, 1.82) is 0 Å². The Kier molecular flexibility index (Phi) is 5.82. The van der Waals surface area contributed by atoms with E-state index in [0.29, 0.717) is 0 Å². The number of aryl methyl sites for hydroxylation is 1. The van der Waals surface area contributed by atoms with E-state index in [1.807, 2.05) is 19.2 Å². The van der Waals surface area contributed by atoms with Crippen LogP contribution >= 0.6 is 24.6 Å². The molecule has 1 saturated heterocycles. The molecule has 0 aliphatic carbocycles. The summed E-state index contributed by atoms with van der Waals surface area (Å²) in [5.74, 6) is 0. The number of morpholine rings is 1. The van der Waals surface area contributed by atoms with Gasteiger partial charge in [-0.25, -0.2) is 0 Å². The molecule has 1 aromatic rings. The van der Waals surface area contributed by atoms with Crippen LogP contribution in [0.2, 0.25) is 0 Å². The number of hydrogen-bond donors (Lipinski definition) is 0. The molecule has 0 unspecified atom stereocenters. The lowest BCUT2D eigenvalue weighted by Gasteiger charge is -2.29. The van der Waals surface area contributed by atoms with Gasteiger partial charge >= 0.3 is 0 Å². The minimum absolute atomic E-state index is 0. The molecule has 1 aliphatic rings. The fourth-order valence-electron chi connectivity index (χ4n) is 1.70. The van der Waals surface area contributed by atoms with E-state index >= 15 is 0 Å². The summed E-state index contributed by atoms with van der Waals surface area (Å²) in [6, 6.07) is 4.12. The standard InChI is InChI=1S/C12H16N2OS.ClH/c1-10-2-3-11(9-13-10)8-12(16)14-4-6-15-7-5-14;/h2-3,9H,4-8H2,1H3;1H. The fourth-order valence-corrected chi connectivity index (χ4v) is 2.05. The molecule has 0 bridgehead atoms. The lowest BCUT2D eigenvalue weighted by molar-refractivity contribution is 0.0684. The van der Waals surface area contributed by atoms with Gasteiger partial charge in [-0.3, -0.25) is 4.98 Å². The van der Waals surface area contributed by atoms with Crippen LogP contribution < -0.4 is 0 Å². The number of pyridine rings is 1. The fraction of sp³-hybridized carbons (Fsp3) is 0.500. The maximum atomic E-state index is 5.43. The summed E-state index contributed by atoms with van der Waals surface area (Å²) in [5, 5.41) is 0. The Morgan fingerprint density at radius 3 is 2.71 bits per heavy atom. The number of hydrogen-bond acceptors (Lipinski definition) is 3. The first kappa shape index (κ1) is 14.4. The molecule has 0 spiro atoms. The molecule has 17 heavy (non-hydrogen) atoms. The van der Waals surface area contributed by atoms with Crippen molar-refractivity contribution in [2.24, 2.45) is 0 Å². The number of thiocarbonyl (C=S) groups is 1. The summed E-state index contributed by atoms with van der Waals surface area (Å²) in [5.41, 5.74) is 2.23. The van der Waals surface area contributed by atoms with E-state index in [1.54, 1.807) is 0 Å². The molecule has 0 saturated carbocycles. The van der Waals surface area contributed by atoms with Gasteiger partial charge in [0, 0.05) is 31.4 Å². The van der Waals surface area contributed by atoms with Gasteiger partial charge in [-0.1, -0.05) is 18.3 Å². The van der Waals surface area contributed by atoms with Crippen LogP contribution in [0.3, 0.4) is 0 Å². The van der Waals surface area contributed by atoms with Crippen LogP contribution in [0.5, 0.6) is 0 Å². The van der Waals surface area contributed by atoms with Crippen molar-refractivity contribution >= 4 is 29.6 Å². The Hall–Kier alpha value is -0.710. The summed E-state index contributed by atoms with van der Waals surface area (Å²) < 4.78 is 5.30. The Bertz CT molecular complexity index is 363. The highest BCUT2D eigenvalue weighted by Gasteiger charge is 2.13. The molecule has 94 valence electrons. The molecule has 1 aliphatic heterocycles. The lowest BCUT2D eigenvalue weighted by atomic mass is 10.2. The second-order valence-electron chi connectivity index (χ2n) is 3.98. The molecule has 5 heteroatoms. The zero-order chi connectivity index (χ0) is 11.4. The number of nitrogens with zero attached hydrogens (tertiary/aromatic N) is 2. The highest BCUT2D eigenvalue weighted by atomic mass is 35.5. The van der Waals surface area contributed by atoms with Crippen LogP contribution in [-0.2, 0) is 11.2 Å². The summed E-state index contributed by atoms with van der Waals surface area (Å²) >= 11 is 5.43. The SMILES string of the molecule is Cc1ccc(CC(=S)N2CCOCC2)cn1.Cl. The van der Waals surface area contributed by atoms with Crippen LogP contribution in [-0.4, -0.2) is 41.2 Å². The van der Waals surface area contributed by atoms with Crippen LogP contribution in [0, 0.1) is 6.92 Å². The monoisotopic (exact) mass is 272 g/mol. The molecule has 3 nitrogen and oxygen atoms in total. The lowest BCUT2D eigenvalue weighted by Crippen LogP contribution is -2.40. The van der Waals surface area contributed by atoms with Crippen molar-refractivity contribution in [3.8, 4) is 0 Å². The molecule has 1 fully saturated rings. The molecule has 0 amide bonds. The third kappa shape index (κ3) is 4.22. The number of ether oxygens (including phenoxy) is 1. The molecule has 0 aromatic carbocycles. The second-order valence-corrected chi connectivity index (χ2v) is 4.45. The van der Waals surface area contributed by atoms with Crippen molar-refractivity contribution < 1.29 is 4.74 Å². The van der Waals surface area contributed by atoms with E-state index in [2.05, 4.69) is 16.0 Å². The van der Waals surface area contributed by atoms with Gasteiger partial charge in [0.25, 0.3) is 0 Å². The second kappa shape index (κ2) is 6.89. The number of aromatic nitrogens is 1. The zero-order valence-electron chi connectivity index (χ0n) is 9.89. The van der Waals surface area contributed by atoms with Crippen LogP contribution in [0.25, 0.3) is 0 Å². The molecule has 2 rings (SSSR count). The first-order valence-electron chi connectivity index (χ1n) is 5.53.